The van der Waals surface area contributed by atoms with Gasteiger partial charge in [0, 0.05) is 18.0 Å². The normalized spacial score (nSPS) is 21.0. The number of thiocarbonyl (C=S) groups is 1. The molecule has 0 aromatic carbocycles. The average Bonchev–Trinajstić information content (AvgIpc) is 3.12. The van der Waals surface area contributed by atoms with E-state index in [1.807, 2.05) is 23.6 Å². The fourth-order valence-corrected chi connectivity index (χ4v) is 4.16. The van der Waals surface area contributed by atoms with E-state index in [0.717, 1.165) is 4.88 Å². The van der Waals surface area contributed by atoms with Crippen LogP contribution >= 0.6 is 35.3 Å². The second-order valence-electron chi connectivity index (χ2n) is 4.78. The van der Waals surface area contributed by atoms with E-state index >= 15 is 0 Å². The van der Waals surface area contributed by atoms with Crippen molar-refractivity contribution in [1.82, 2.24) is 9.80 Å². The maximum Gasteiger partial charge on any atom is 0.266 e. The van der Waals surface area contributed by atoms with Gasteiger partial charge in [-0.2, -0.15) is 0 Å². The van der Waals surface area contributed by atoms with Crippen LogP contribution in [-0.4, -0.2) is 58.8 Å². The Morgan fingerprint density at radius 2 is 2.18 bits per heavy atom. The zero-order valence-electron chi connectivity index (χ0n) is 11.7. The second kappa shape index (κ2) is 6.91. The maximum absolute atomic E-state index is 12.4. The number of thiophene rings is 1. The summed E-state index contributed by atoms with van der Waals surface area (Å²) in [6, 6.07) is 3.87. The van der Waals surface area contributed by atoms with Crippen molar-refractivity contribution in [1.29, 1.82) is 0 Å². The first-order valence-corrected chi connectivity index (χ1v) is 8.90. The third-order valence-corrected chi connectivity index (χ3v) is 5.54. The number of morpholine rings is 1. The Kier molecular flexibility index (Phi) is 4.92. The zero-order valence-corrected chi connectivity index (χ0v) is 14.1. The van der Waals surface area contributed by atoms with Gasteiger partial charge in [0.15, 0.2) is 0 Å². The van der Waals surface area contributed by atoms with Gasteiger partial charge < -0.3 is 9.64 Å². The second-order valence-corrected chi connectivity index (χ2v) is 7.43. The Balaban J connectivity index is 1.68. The lowest BCUT2D eigenvalue weighted by atomic mass is 10.3. The lowest BCUT2D eigenvalue weighted by Gasteiger charge is -2.28. The number of hydrogen-bond acceptors (Lipinski definition) is 6. The number of thioether (sulfide) groups is 1. The predicted molar refractivity (Wildman–Crippen MR) is 91.6 cm³/mol. The van der Waals surface area contributed by atoms with E-state index in [-0.39, 0.29) is 18.4 Å². The summed E-state index contributed by atoms with van der Waals surface area (Å²) >= 11 is 8.05. The van der Waals surface area contributed by atoms with Gasteiger partial charge in [-0.15, -0.1) is 11.3 Å². The summed E-state index contributed by atoms with van der Waals surface area (Å²) < 4.78 is 5.66. The number of carbonyl (C=O) groups is 2. The minimum atomic E-state index is -0.190. The van der Waals surface area contributed by atoms with Gasteiger partial charge in [0.25, 0.3) is 5.91 Å². The van der Waals surface area contributed by atoms with Crippen LogP contribution in [-0.2, 0) is 14.3 Å². The molecule has 0 atom stereocenters. The molecule has 22 heavy (non-hydrogen) atoms. The molecular formula is C14H14N2O3S3. The molecule has 2 saturated heterocycles. The zero-order chi connectivity index (χ0) is 15.5. The first-order chi connectivity index (χ1) is 10.6. The van der Waals surface area contributed by atoms with Crippen LogP contribution in [0.1, 0.15) is 4.88 Å². The van der Waals surface area contributed by atoms with Crippen LogP contribution in [0.3, 0.4) is 0 Å². The van der Waals surface area contributed by atoms with Crippen LogP contribution in [0.15, 0.2) is 22.4 Å². The minimum Gasteiger partial charge on any atom is -0.378 e. The fourth-order valence-electron chi connectivity index (χ4n) is 2.19. The van der Waals surface area contributed by atoms with Gasteiger partial charge in [0.1, 0.15) is 10.9 Å². The highest BCUT2D eigenvalue weighted by Gasteiger charge is 2.34. The van der Waals surface area contributed by atoms with Gasteiger partial charge in [0.05, 0.1) is 18.1 Å². The van der Waals surface area contributed by atoms with E-state index in [4.69, 9.17) is 17.0 Å². The van der Waals surface area contributed by atoms with Gasteiger partial charge in [-0.1, -0.05) is 30.0 Å². The molecule has 2 fully saturated rings. The van der Waals surface area contributed by atoms with Crippen LogP contribution in [0.4, 0.5) is 0 Å². The van der Waals surface area contributed by atoms with Crippen molar-refractivity contribution in [3.8, 4) is 0 Å². The summed E-state index contributed by atoms with van der Waals surface area (Å²) in [6.45, 7) is 2.23. The summed E-state index contributed by atoms with van der Waals surface area (Å²) in [6.07, 6.45) is 1.82. The van der Waals surface area contributed by atoms with E-state index in [1.165, 1.54) is 16.7 Å². The molecule has 2 amide bonds. The van der Waals surface area contributed by atoms with Crippen LogP contribution in [0, 0.1) is 0 Å². The summed E-state index contributed by atoms with van der Waals surface area (Å²) in [5, 5.41) is 1.95. The SMILES string of the molecule is O=C(CN1C(=O)C(=Cc2cccs2)SC1=S)N1CCOCC1. The maximum atomic E-state index is 12.4. The molecule has 8 heteroatoms. The van der Waals surface area contributed by atoms with Crippen molar-refractivity contribution in [2.75, 3.05) is 32.8 Å². The van der Waals surface area contributed by atoms with Gasteiger partial charge in [-0.3, -0.25) is 14.5 Å². The monoisotopic (exact) mass is 354 g/mol. The molecule has 3 rings (SSSR count). The van der Waals surface area contributed by atoms with Crippen molar-refractivity contribution in [2.45, 2.75) is 0 Å². The van der Waals surface area contributed by atoms with Crippen LogP contribution < -0.4 is 0 Å². The fraction of sp³-hybridized carbons (Fsp3) is 0.357. The van der Waals surface area contributed by atoms with Gasteiger partial charge in [-0.05, 0) is 17.5 Å². The molecular weight excluding hydrogens is 340 g/mol. The molecule has 0 unspecified atom stereocenters. The third kappa shape index (κ3) is 3.40. The summed E-state index contributed by atoms with van der Waals surface area (Å²) in [7, 11) is 0. The molecule has 2 aliphatic heterocycles. The highest BCUT2D eigenvalue weighted by Crippen LogP contribution is 2.33. The highest BCUT2D eigenvalue weighted by atomic mass is 32.2. The molecule has 0 saturated carbocycles. The standard InChI is InChI=1S/C14H14N2O3S3/c17-12(15-3-5-19-6-4-15)9-16-13(18)11(22-14(16)20)8-10-2-1-7-21-10/h1-2,7-8H,3-6,9H2. The molecule has 1 aromatic heterocycles. The number of ether oxygens (including phenoxy) is 1. The number of hydrogen-bond donors (Lipinski definition) is 0. The molecule has 0 bridgehead atoms. The summed E-state index contributed by atoms with van der Waals surface area (Å²) in [5.74, 6) is -0.276. The van der Waals surface area contributed by atoms with Gasteiger partial charge in [-0.25, -0.2) is 0 Å². The van der Waals surface area contributed by atoms with Crippen molar-refractivity contribution in [3.05, 3.63) is 27.3 Å². The first kappa shape index (κ1) is 15.7. The predicted octanol–water partition coefficient (Wildman–Crippen LogP) is 1.81. The largest absolute Gasteiger partial charge is 0.378 e. The van der Waals surface area contributed by atoms with E-state index in [2.05, 4.69) is 0 Å². The smallest absolute Gasteiger partial charge is 0.266 e. The third-order valence-electron chi connectivity index (χ3n) is 3.35. The quantitative estimate of drug-likeness (QED) is 0.612. The number of nitrogens with zero attached hydrogens (tertiary/aromatic N) is 2. The Labute approximate surface area is 141 Å². The van der Waals surface area contributed by atoms with Crippen molar-refractivity contribution >= 4 is 57.5 Å². The number of amides is 2. The average molecular weight is 354 g/mol. The number of carbonyl (C=O) groups excluding carboxylic acids is 2. The molecule has 1 aromatic rings. The summed E-state index contributed by atoms with van der Waals surface area (Å²) in [5.41, 5.74) is 0. The van der Waals surface area contributed by atoms with E-state index < -0.39 is 0 Å². The van der Waals surface area contributed by atoms with Crippen LogP contribution in [0.5, 0.6) is 0 Å². The molecule has 0 radical (unpaired) electrons. The lowest BCUT2D eigenvalue weighted by molar-refractivity contribution is -0.138. The van der Waals surface area contributed by atoms with Crippen molar-refractivity contribution in [2.24, 2.45) is 0 Å². The molecule has 0 aliphatic carbocycles. The molecule has 0 N–H and O–H groups in total. The lowest BCUT2D eigenvalue weighted by Crippen LogP contribution is -2.46. The molecule has 2 aliphatic rings. The molecule has 0 spiro atoms. The van der Waals surface area contributed by atoms with Gasteiger partial charge >= 0.3 is 0 Å². The Morgan fingerprint density at radius 1 is 1.41 bits per heavy atom. The Bertz CT molecular complexity index is 621. The van der Waals surface area contributed by atoms with E-state index in [9.17, 15) is 9.59 Å². The Hall–Kier alpha value is -1.22. The highest BCUT2D eigenvalue weighted by molar-refractivity contribution is 8.26. The molecule has 5 nitrogen and oxygen atoms in total. The van der Waals surface area contributed by atoms with Crippen LogP contribution in [0.25, 0.3) is 6.08 Å². The first-order valence-electron chi connectivity index (χ1n) is 6.79. The van der Waals surface area contributed by atoms with Crippen molar-refractivity contribution < 1.29 is 14.3 Å². The number of rotatable bonds is 3. The van der Waals surface area contributed by atoms with Crippen molar-refractivity contribution in [3.63, 3.8) is 0 Å². The molecule has 116 valence electrons. The van der Waals surface area contributed by atoms with Crippen LogP contribution in [0.2, 0.25) is 0 Å². The minimum absolute atomic E-state index is 0.00640. The topological polar surface area (TPSA) is 49.9 Å². The van der Waals surface area contributed by atoms with E-state index in [0.29, 0.717) is 35.5 Å². The Morgan fingerprint density at radius 3 is 2.86 bits per heavy atom. The summed E-state index contributed by atoms with van der Waals surface area (Å²) in [4.78, 5) is 29.3. The van der Waals surface area contributed by atoms with Gasteiger partial charge in [0.2, 0.25) is 5.91 Å². The van der Waals surface area contributed by atoms with E-state index in [1.54, 1.807) is 16.2 Å². The molecule has 3 heterocycles.